The number of phenolic OH excluding ortho intramolecular Hbond substituents is 1. The zero-order chi connectivity index (χ0) is 11.7. The Morgan fingerprint density at radius 1 is 1.19 bits per heavy atom. The first kappa shape index (κ1) is 10.9. The summed E-state index contributed by atoms with van der Waals surface area (Å²) in [5.41, 5.74) is 0.855. The van der Waals surface area contributed by atoms with Crippen molar-refractivity contribution in [3.63, 3.8) is 0 Å². The lowest BCUT2D eigenvalue weighted by molar-refractivity contribution is 0.449. The van der Waals surface area contributed by atoms with Crippen LogP contribution in [0.4, 0.5) is 8.78 Å². The Balaban J connectivity index is 2.40. The van der Waals surface area contributed by atoms with Crippen LogP contribution in [0.3, 0.4) is 0 Å². The summed E-state index contributed by atoms with van der Waals surface area (Å²) >= 11 is 0. The molecule has 1 aromatic carbocycles. The van der Waals surface area contributed by atoms with Crippen LogP contribution in [-0.2, 0) is 0 Å². The molecule has 0 saturated heterocycles. The van der Waals surface area contributed by atoms with Gasteiger partial charge < -0.3 is 5.11 Å². The predicted molar refractivity (Wildman–Crippen MR) is 59.1 cm³/mol. The molecule has 3 heteroatoms. The third kappa shape index (κ3) is 1.85. The van der Waals surface area contributed by atoms with Crippen molar-refractivity contribution in [2.45, 2.75) is 13.3 Å². The highest BCUT2D eigenvalue weighted by Gasteiger charge is 2.22. The molecule has 1 aromatic rings. The van der Waals surface area contributed by atoms with E-state index in [0.717, 1.165) is 0 Å². The SMILES string of the molecule is CC1CC=C(c2ccc(O)cc2)C(F)=C1F. The van der Waals surface area contributed by atoms with Crippen LogP contribution >= 0.6 is 0 Å². The highest BCUT2D eigenvalue weighted by atomic mass is 19.2. The van der Waals surface area contributed by atoms with Crippen LogP contribution in [0.2, 0.25) is 0 Å². The van der Waals surface area contributed by atoms with Gasteiger partial charge in [0, 0.05) is 11.5 Å². The smallest absolute Gasteiger partial charge is 0.162 e. The van der Waals surface area contributed by atoms with Gasteiger partial charge in [0.15, 0.2) is 5.83 Å². The molecule has 1 aliphatic carbocycles. The fraction of sp³-hybridized carbons (Fsp3) is 0.231. The molecular formula is C13H12F2O. The summed E-state index contributed by atoms with van der Waals surface area (Å²) in [6.45, 7) is 1.65. The summed E-state index contributed by atoms with van der Waals surface area (Å²) in [5, 5.41) is 9.12. The van der Waals surface area contributed by atoms with Crippen LogP contribution in [0.25, 0.3) is 5.57 Å². The molecule has 0 radical (unpaired) electrons. The van der Waals surface area contributed by atoms with Gasteiger partial charge in [-0.2, -0.15) is 0 Å². The van der Waals surface area contributed by atoms with Gasteiger partial charge in [-0.1, -0.05) is 25.1 Å². The lowest BCUT2D eigenvalue weighted by Gasteiger charge is -2.16. The van der Waals surface area contributed by atoms with Gasteiger partial charge in [0.25, 0.3) is 0 Å². The van der Waals surface area contributed by atoms with Gasteiger partial charge >= 0.3 is 0 Å². The highest BCUT2D eigenvalue weighted by molar-refractivity contribution is 5.78. The first-order chi connectivity index (χ1) is 7.59. The van der Waals surface area contributed by atoms with E-state index in [1.807, 2.05) is 0 Å². The van der Waals surface area contributed by atoms with Crippen LogP contribution in [0, 0.1) is 5.92 Å². The largest absolute Gasteiger partial charge is 0.508 e. The Hall–Kier alpha value is -1.64. The Bertz CT molecular complexity index is 457. The van der Waals surface area contributed by atoms with E-state index in [2.05, 4.69) is 0 Å². The maximum atomic E-state index is 13.7. The van der Waals surface area contributed by atoms with Gasteiger partial charge in [-0.15, -0.1) is 0 Å². The molecule has 1 unspecified atom stereocenters. The fourth-order valence-corrected chi connectivity index (χ4v) is 1.72. The van der Waals surface area contributed by atoms with E-state index < -0.39 is 11.7 Å². The number of phenols is 1. The topological polar surface area (TPSA) is 20.2 Å². The Kier molecular flexibility index (Phi) is 2.77. The molecule has 0 aliphatic heterocycles. The zero-order valence-electron chi connectivity index (χ0n) is 8.87. The van der Waals surface area contributed by atoms with E-state index in [1.165, 1.54) is 12.1 Å². The van der Waals surface area contributed by atoms with Gasteiger partial charge in [0.1, 0.15) is 11.6 Å². The van der Waals surface area contributed by atoms with E-state index in [4.69, 9.17) is 5.11 Å². The second kappa shape index (κ2) is 4.08. The average Bonchev–Trinajstić information content (AvgIpc) is 2.28. The van der Waals surface area contributed by atoms with Gasteiger partial charge in [0.2, 0.25) is 0 Å². The summed E-state index contributed by atoms with van der Waals surface area (Å²) < 4.78 is 27.1. The van der Waals surface area contributed by atoms with Crippen molar-refractivity contribution in [2.75, 3.05) is 0 Å². The second-order valence-corrected chi connectivity index (χ2v) is 3.96. The third-order valence-corrected chi connectivity index (χ3v) is 2.73. The van der Waals surface area contributed by atoms with Crippen LogP contribution in [0.1, 0.15) is 18.9 Å². The number of allylic oxidation sites excluding steroid dienone is 4. The minimum absolute atomic E-state index is 0.110. The number of hydrogen-bond donors (Lipinski definition) is 1. The Labute approximate surface area is 92.7 Å². The number of benzene rings is 1. The van der Waals surface area contributed by atoms with Crippen molar-refractivity contribution in [1.29, 1.82) is 0 Å². The van der Waals surface area contributed by atoms with E-state index in [-0.39, 0.29) is 17.2 Å². The number of halogens is 2. The Morgan fingerprint density at radius 2 is 1.81 bits per heavy atom. The van der Waals surface area contributed by atoms with Crippen molar-refractivity contribution in [1.82, 2.24) is 0 Å². The van der Waals surface area contributed by atoms with Gasteiger partial charge in [-0.25, -0.2) is 8.78 Å². The van der Waals surface area contributed by atoms with Crippen LogP contribution in [0.5, 0.6) is 5.75 Å². The summed E-state index contributed by atoms with van der Waals surface area (Å²) in [4.78, 5) is 0. The molecule has 0 amide bonds. The molecule has 1 atom stereocenters. The van der Waals surface area contributed by atoms with Crippen molar-refractivity contribution in [2.24, 2.45) is 5.92 Å². The third-order valence-electron chi connectivity index (χ3n) is 2.73. The minimum atomic E-state index is -0.788. The standard InChI is InChI=1S/C13H12F2O/c1-8-2-7-11(13(15)12(8)14)9-3-5-10(16)6-4-9/h3-8,16H,2H2,1H3. The first-order valence-electron chi connectivity index (χ1n) is 5.14. The quantitative estimate of drug-likeness (QED) is 0.762. The lowest BCUT2D eigenvalue weighted by atomic mass is 9.92. The van der Waals surface area contributed by atoms with Crippen LogP contribution < -0.4 is 0 Å². The molecule has 0 aromatic heterocycles. The molecule has 1 nitrogen and oxygen atoms in total. The highest BCUT2D eigenvalue weighted by Crippen LogP contribution is 2.37. The molecule has 0 fully saturated rings. The van der Waals surface area contributed by atoms with Crippen LogP contribution in [0.15, 0.2) is 42.0 Å². The lowest BCUT2D eigenvalue weighted by Crippen LogP contribution is -2.03. The summed E-state index contributed by atoms with van der Waals surface area (Å²) in [7, 11) is 0. The van der Waals surface area contributed by atoms with E-state index >= 15 is 0 Å². The molecular weight excluding hydrogens is 210 g/mol. The van der Waals surface area contributed by atoms with Crippen molar-refractivity contribution in [3.8, 4) is 5.75 Å². The molecule has 0 saturated carbocycles. The zero-order valence-corrected chi connectivity index (χ0v) is 8.87. The minimum Gasteiger partial charge on any atom is -0.508 e. The molecule has 16 heavy (non-hydrogen) atoms. The number of aromatic hydroxyl groups is 1. The van der Waals surface area contributed by atoms with Gasteiger partial charge in [-0.3, -0.25) is 0 Å². The summed E-state index contributed by atoms with van der Waals surface area (Å²) in [6.07, 6.45) is 2.19. The van der Waals surface area contributed by atoms with Gasteiger partial charge in [0.05, 0.1) is 0 Å². The first-order valence-corrected chi connectivity index (χ1v) is 5.14. The molecule has 1 N–H and O–H groups in total. The van der Waals surface area contributed by atoms with E-state index in [1.54, 1.807) is 25.1 Å². The monoisotopic (exact) mass is 222 g/mol. The summed E-state index contributed by atoms with van der Waals surface area (Å²) in [6, 6.07) is 6.06. The Morgan fingerprint density at radius 3 is 2.44 bits per heavy atom. The number of hydrogen-bond acceptors (Lipinski definition) is 1. The molecule has 84 valence electrons. The van der Waals surface area contributed by atoms with Crippen LogP contribution in [-0.4, -0.2) is 5.11 Å². The molecule has 0 spiro atoms. The van der Waals surface area contributed by atoms with Crippen molar-refractivity contribution >= 4 is 5.57 Å². The van der Waals surface area contributed by atoms with Crippen molar-refractivity contribution in [3.05, 3.63) is 47.6 Å². The summed E-state index contributed by atoms with van der Waals surface area (Å²) in [5.74, 6) is -1.76. The average molecular weight is 222 g/mol. The maximum absolute atomic E-state index is 13.7. The number of rotatable bonds is 1. The van der Waals surface area contributed by atoms with E-state index in [9.17, 15) is 8.78 Å². The molecule has 1 aliphatic rings. The van der Waals surface area contributed by atoms with E-state index in [0.29, 0.717) is 12.0 Å². The second-order valence-electron chi connectivity index (χ2n) is 3.96. The fourth-order valence-electron chi connectivity index (χ4n) is 1.72. The van der Waals surface area contributed by atoms with Crippen molar-refractivity contribution < 1.29 is 13.9 Å². The van der Waals surface area contributed by atoms with Gasteiger partial charge in [-0.05, 0) is 24.1 Å². The molecule has 2 rings (SSSR count). The normalized spacial score (nSPS) is 20.9. The maximum Gasteiger partial charge on any atom is 0.162 e. The molecule has 0 heterocycles. The molecule has 0 bridgehead atoms. The predicted octanol–water partition coefficient (Wildman–Crippen LogP) is 3.97.